The number of rotatable bonds is 2. The molecule has 3 aromatic heterocycles. The Labute approximate surface area is 130 Å². The van der Waals surface area contributed by atoms with Crippen molar-refractivity contribution in [2.45, 2.75) is 19.4 Å². The summed E-state index contributed by atoms with van der Waals surface area (Å²) >= 11 is -3.52. The number of hydrogen-bond donors (Lipinski definition) is 1. The van der Waals surface area contributed by atoms with E-state index in [4.69, 9.17) is 0 Å². The van der Waals surface area contributed by atoms with Gasteiger partial charge in [-0.2, -0.15) is 13.2 Å². The van der Waals surface area contributed by atoms with Gasteiger partial charge in [-0.05, 0) is 6.07 Å². The van der Waals surface area contributed by atoms with Gasteiger partial charge in [-0.3, -0.25) is 0 Å². The molecule has 5 nitrogen and oxygen atoms in total. The molecule has 1 atom stereocenters. The van der Waals surface area contributed by atoms with E-state index in [1.54, 1.807) is 0 Å². The van der Waals surface area contributed by atoms with E-state index < -0.39 is 28.3 Å². The highest BCUT2D eigenvalue weighted by Gasteiger charge is 2.40. The second-order valence-electron chi connectivity index (χ2n) is 4.01. The molecule has 0 fully saturated rings. The first-order valence-corrected chi connectivity index (χ1v) is 7.52. The second-order valence-corrected chi connectivity index (χ2v) is 5.11. The lowest BCUT2D eigenvalue weighted by Crippen LogP contribution is -2.21. The van der Waals surface area contributed by atoms with E-state index in [2.05, 4.69) is 19.1 Å². The molecule has 3 heterocycles. The minimum absolute atomic E-state index is 0.349. The summed E-state index contributed by atoms with van der Waals surface area (Å²) < 4.78 is 64.8. The number of nitrogens with one attached hydrogen (secondary N) is 1. The van der Waals surface area contributed by atoms with Crippen LogP contribution >= 0.6 is 0 Å². The molecule has 0 spiro atoms. The lowest BCUT2D eigenvalue weighted by molar-refractivity contribution is -0.0438. The lowest BCUT2D eigenvalue weighted by Gasteiger charge is -2.06. The van der Waals surface area contributed by atoms with Crippen LogP contribution in [-0.2, 0) is 11.1 Å². The first-order chi connectivity index (χ1) is 10.8. The summed E-state index contributed by atoms with van der Waals surface area (Å²) in [5.41, 5.74) is -4.22. The van der Waals surface area contributed by atoms with E-state index in [0.29, 0.717) is 21.9 Å². The van der Waals surface area contributed by atoms with Crippen LogP contribution in [0.1, 0.15) is 13.8 Å². The summed E-state index contributed by atoms with van der Waals surface area (Å²) in [6.07, 6.45) is 2.19. The standard InChI is InChI=1S/C11H5F4N3O2S.C2H6/c12-5-1-7-6-2-9(20-21(19)11(13,14)15)16-4-8(6)18-10(7)17-3-5;1-2/h1-4H,(H,17,18);1-2H3. The van der Waals surface area contributed by atoms with Crippen molar-refractivity contribution in [1.82, 2.24) is 15.0 Å². The summed E-state index contributed by atoms with van der Waals surface area (Å²) in [6, 6.07) is 2.31. The number of hydrogen-bond acceptors (Lipinski definition) is 4. The highest BCUT2D eigenvalue weighted by atomic mass is 32.2. The maximum absolute atomic E-state index is 13.2. The minimum Gasteiger partial charge on any atom is -0.373 e. The number of fused-ring (bicyclic) bond motifs is 3. The molecule has 0 aliphatic heterocycles. The highest BCUT2D eigenvalue weighted by molar-refractivity contribution is 7.81. The molecule has 0 bridgehead atoms. The van der Waals surface area contributed by atoms with E-state index >= 15 is 0 Å². The Morgan fingerprint density at radius 3 is 2.48 bits per heavy atom. The molecule has 0 amide bonds. The zero-order valence-electron chi connectivity index (χ0n) is 11.9. The maximum Gasteiger partial charge on any atom is 0.508 e. The van der Waals surface area contributed by atoms with Crippen molar-refractivity contribution in [3.63, 3.8) is 0 Å². The van der Waals surface area contributed by atoms with Crippen LogP contribution in [0.4, 0.5) is 17.6 Å². The summed E-state index contributed by atoms with van der Waals surface area (Å²) in [5.74, 6) is -1.08. The van der Waals surface area contributed by atoms with Crippen LogP contribution in [0, 0.1) is 5.82 Å². The van der Waals surface area contributed by atoms with Crippen LogP contribution in [0.3, 0.4) is 0 Å². The normalized spacial score (nSPS) is 12.8. The molecule has 0 saturated carbocycles. The predicted octanol–water partition coefficient (Wildman–Crippen LogP) is 3.84. The second kappa shape index (κ2) is 6.49. The van der Waals surface area contributed by atoms with E-state index in [1.165, 1.54) is 12.3 Å². The number of H-pyrrole nitrogens is 1. The van der Waals surface area contributed by atoms with E-state index in [1.807, 2.05) is 13.8 Å². The van der Waals surface area contributed by atoms with Crippen LogP contribution in [-0.4, -0.2) is 24.7 Å². The Morgan fingerprint density at radius 2 is 1.83 bits per heavy atom. The number of nitrogens with zero attached hydrogens (tertiary/aromatic N) is 2. The summed E-state index contributed by atoms with van der Waals surface area (Å²) in [7, 11) is 0. The Kier molecular flexibility index (Phi) is 4.83. The van der Waals surface area contributed by atoms with E-state index in [-0.39, 0.29) is 0 Å². The fourth-order valence-electron chi connectivity index (χ4n) is 1.80. The Hall–Kier alpha value is -2.23. The zero-order valence-corrected chi connectivity index (χ0v) is 12.8. The van der Waals surface area contributed by atoms with Gasteiger partial charge in [0.15, 0.2) is 0 Å². The molecule has 0 aliphatic carbocycles. The Bertz CT molecular complexity index is 863. The van der Waals surface area contributed by atoms with Gasteiger partial charge < -0.3 is 9.17 Å². The van der Waals surface area contributed by atoms with Gasteiger partial charge in [-0.1, -0.05) is 13.8 Å². The largest absolute Gasteiger partial charge is 0.508 e. The Balaban J connectivity index is 0.000000924. The smallest absolute Gasteiger partial charge is 0.373 e. The summed E-state index contributed by atoms with van der Waals surface area (Å²) in [4.78, 5) is 10.2. The molecule has 1 unspecified atom stereocenters. The van der Waals surface area contributed by atoms with Crippen molar-refractivity contribution in [2.75, 3.05) is 0 Å². The summed E-state index contributed by atoms with van der Waals surface area (Å²) in [5, 5.41) is 0.719. The van der Waals surface area contributed by atoms with E-state index in [9.17, 15) is 21.8 Å². The molecule has 0 aliphatic rings. The SMILES string of the molecule is CC.O=S(Oc1cc2c(cn1)[nH]c1ncc(F)cc12)C(F)(F)F. The first-order valence-electron chi connectivity index (χ1n) is 6.44. The molecule has 3 aromatic rings. The summed E-state index contributed by atoms with van der Waals surface area (Å²) in [6.45, 7) is 4.00. The molecular weight excluding hydrogens is 338 g/mol. The topological polar surface area (TPSA) is 67.9 Å². The molecule has 0 radical (unpaired) electrons. The minimum atomic E-state index is -5.01. The third-order valence-electron chi connectivity index (χ3n) is 2.63. The number of alkyl halides is 3. The highest BCUT2D eigenvalue weighted by Crippen LogP contribution is 2.28. The molecule has 0 aromatic carbocycles. The third-order valence-corrected chi connectivity index (χ3v) is 3.33. The van der Waals surface area contributed by atoms with Crippen molar-refractivity contribution in [1.29, 1.82) is 0 Å². The molecule has 1 N–H and O–H groups in total. The van der Waals surface area contributed by atoms with Crippen LogP contribution in [0.5, 0.6) is 5.88 Å². The van der Waals surface area contributed by atoms with Gasteiger partial charge in [0.05, 0.1) is 17.9 Å². The quantitative estimate of drug-likeness (QED) is 0.714. The Morgan fingerprint density at radius 1 is 1.13 bits per heavy atom. The van der Waals surface area contributed by atoms with Gasteiger partial charge >= 0.3 is 16.6 Å². The molecule has 0 saturated heterocycles. The van der Waals surface area contributed by atoms with Gasteiger partial charge in [0.1, 0.15) is 11.5 Å². The maximum atomic E-state index is 13.2. The van der Waals surface area contributed by atoms with Gasteiger partial charge in [-0.25, -0.2) is 18.6 Å². The van der Waals surface area contributed by atoms with Crippen molar-refractivity contribution in [2.24, 2.45) is 0 Å². The predicted molar refractivity (Wildman–Crippen MR) is 77.5 cm³/mol. The lowest BCUT2D eigenvalue weighted by atomic mass is 10.2. The fraction of sp³-hybridized carbons (Fsp3) is 0.231. The van der Waals surface area contributed by atoms with Crippen LogP contribution in [0.15, 0.2) is 24.5 Å². The van der Waals surface area contributed by atoms with Gasteiger partial charge in [0.2, 0.25) is 5.88 Å². The molecule has 23 heavy (non-hydrogen) atoms. The number of aromatic nitrogens is 3. The van der Waals surface area contributed by atoms with Crippen molar-refractivity contribution < 1.29 is 26.0 Å². The van der Waals surface area contributed by atoms with Crippen molar-refractivity contribution in [3.8, 4) is 5.88 Å². The number of halogens is 4. The first kappa shape index (κ1) is 17.1. The van der Waals surface area contributed by atoms with Crippen molar-refractivity contribution in [3.05, 3.63) is 30.3 Å². The van der Waals surface area contributed by atoms with Gasteiger partial charge in [0.25, 0.3) is 0 Å². The molecule has 10 heteroatoms. The third kappa shape index (κ3) is 3.58. The molecular formula is C13H11F4N3O2S. The van der Waals surface area contributed by atoms with Crippen molar-refractivity contribution >= 4 is 33.0 Å². The van der Waals surface area contributed by atoms with Crippen LogP contribution < -0.4 is 4.18 Å². The number of pyridine rings is 2. The fourth-order valence-corrected chi connectivity index (χ4v) is 2.14. The zero-order chi connectivity index (χ0) is 17.2. The van der Waals surface area contributed by atoms with Gasteiger partial charge in [0, 0.05) is 16.8 Å². The average molecular weight is 349 g/mol. The molecule has 124 valence electrons. The van der Waals surface area contributed by atoms with E-state index in [0.717, 1.165) is 12.3 Å². The van der Waals surface area contributed by atoms with Crippen LogP contribution in [0.25, 0.3) is 21.9 Å². The molecule has 3 rings (SSSR count). The monoisotopic (exact) mass is 349 g/mol. The number of aromatic amines is 1. The van der Waals surface area contributed by atoms with Gasteiger partial charge in [-0.15, -0.1) is 0 Å². The average Bonchev–Trinajstić information content (AvgIpc) is 2.86. The van der Waals surface area contributed by atoms with Crippen LogP contribution in [0.2, 0.25) is 0 Å².